The van der Waals surface area contributed by atoms with Crippen LogP contribution in [0.15, 0.2) is 30.6 Å². The quantitative estimate of drug-likeness (QED) is 0.926. The van der Waals surface area contributed by atoms with Gasteiger partial charge < -0.3 is 14.8 Å². The molecule has 1 heterocycles. The number of aryl methyl sites for hydroxylation is 2. The summed E-state index contributed by atoms with van der Waals surface area (Å²) >= 11 is 0. The summed E-state index contributed by atoms with van der Waals surface area (Å²) in [6.45, 7) is 2.49. The van der Waals surface area contributed by atoms with E-state index in [0.717, 1.165) is 17.1 Å². The van der Waals surface area contributed by atoms with Gasteiger partial charge in [-0.2, -0.15) is 0 Å². The van der Waals surface area contributed by atoms with Gasteiger partial charge in [0.2, 0.25) is 0 Å². The second-order valence-electron chi connectivity index (χ2n) is 4.91. The summed E-state index contributed by atoms with van der Waals surface area (Å²) in [6, 6.07) is 5.78. The summed E-state index contributed by atoms with van der Waals surface area (Å²) in [5, 5.41) is 3.07. The van der Waals surface area contributed by atoms with E-state index >= 15 is 0 Å². The summed E-state index contributed by atoms with van der Waals surface area (Å²) in [4.78, 5) is 18.4. The number of nitrogens with one attached hydrogen (secondary N) is 1. The van der Waals surface area contributed by atoms with Crippen molar-refractivity contribution in [3.8, 4) is 0 Å². The van der Waals surface area contributed by atoms with Gasteiger partial charge in [0, 0.05) is 39.2 Å². The Hall–Kier alpha value is -2.30. The molecule has 1 aromatic carbocycles. The molecule has 2 aromatic rings. The Balaban J connectivity index is 2.20. The van der Waals surface area contributed by atoms with Crippen molar-refractivity contribution in [2.45, 2.75) is 13.5 Å². The Morgan fingerprint density at radius 3 is 2.80 bits per heavy atom. The molecule has 5 nitrogen and oxygen atoms in total. The van der Waals surface area contributed by atoms with E-state index < -0.39 is 0 Å². The predicted molar refractivity (Wildman–Crippen MR) is 79.7 cm³/mol. The highest BCUT2D eigenvalue weighted by Crippen LogP contribution is 2.19. The average Bonchev–Trinajstić information content (AvgIpc) is 2.83. The van der Waals surface area contributed by atoms with Gasteiger partial charge in [-0.05, 0) is 24.6 Å². The van der Waals surface area contributed by atoms with Gasteiger partial charge in [0.05, 0.1) is 12.1 Å². The minimum Gasteiger partial charge on any atom is -0.387 e. The highest BCUT2D eigenvalue weighted by molar-refractivity contribution is 5.99. The molecule has 1 amide bonds. The highest BCUT2D eigenvalue weighted by atomic mass is 16.2. The fourth-order valence-electron chi connectivity index (χ4n) is 2.09. The first-order valence-electron chi connectivity index (χ1n) is 6.53. The minimum atomic E-state index is -0.0163. The summed E-state index contributed by atoms with van der Waals surface area (Å²) < 4.78 is 1.91. The SMILES string of the molecule is CNc1cc(C)ccc1C(=O)N(C)Cc1nccn1C. The average molecular weight is 272 g/mol. The van der Waals surface area contributed by atoms with Crippen LogP contribution in [0.4, 0.5) is 5.69 Å². The van der Waals surface area contributed by atoms with Crippen molar-refractivity contribution in [1.29, 1.82) is 0 Å². The minimum absolute atomic E-state index is 0.0163. The van der Waals surface area contributed by atoms with Crippen LogP contribution in [0, 0.1) is 6.92 Å². The lowest BCUT2D eigenvalue weighted by Gasteiger charge is -2.19. The Bertz CT molecular complexity index is 618. The van der Waals surface area contributed by atoms with Crippen molar-refractivity contribution in [1.82, 2.24) is 14.5 Å². The second-order valence-corrected chi connectivity index (χ2v) is 4.91. The molecule has 0 spiro atoms. The van der Waals surface area contributed by atoms with Gasteiger partial charge in [-0.25, -0.2) is 4.98 Å². The maximum Gasteiger partial charge on any atom is 0.256 e. The van der Waals surface area contributed by atoms with Crippen LogP contribution in [-0.4, -0.2) is 34.5 Å². The molecular weight excluding hydrogens is 252 g/mol. The lowest BCUT2D eigenvalue weighted by atomic mass is 10.1. The molecule has 1 N–H and O–H groups in total. The molecule has 0 bridgehead atoms. The van der Waals surface area contributed by atoms with Crippen LogP contribution in [0.25, 0.3) is 0 Å². The third-order valence-corrected chi connectivity index (χ3v) is 3.32. The number of carbonyl (C=O) groups is 1. The Morgan fingerprint density at radius 1 is 1.45 bits per heavy atom. The summed E-state index contributed by atoms with van der Waals surface area (Å²) in [7, 11) is 5.53. The molecule has 5 heteroatoms. The van der Waals surface area contributed by atoms with Gasteiger partial charge in [-0.1, -0.05) is 6.07 Å². The van der Waals surface area contributed by atoms with Crippen LogP contribution >= 0.6 is 0 Å². The van der Waals surface area contributed by atoms with Gasteiger partial charge in [0.15, 0.2) is 0 Å². The number of hydrogen-bond acceptors (Lipinski definition) is 3. The zero-order chi connectivity index (χ0) is 14.7. The predicted octanol–water partition coefficient (Wildman–Crippen LogP) is 2.04. The van der Waals surface area contributed by atoms with Gasteiger partial charge >= 0.3 is 0 Å². The molecule has 0 aliphatic carbocycles. The van der Waals surface area contributed by atoms with Gasteiger partial charge in [0.1, 0.15) is 5.82 Å². The molecule has 0 saturated carbocycles. The van der Waals surface area contributed by atoms with Crippen molar-refractivity contribution in [2.24, 2.45) is 7.05 Å². The number of imidazole rings is 1. The number of aromatic nitrogens is 2. The summed E-state index contributed by atoms with van der Waals surface area (Å²) in [5.74, 6) is 0.844. The van der Waals surface area contributed by atoms with Crippen molar-refractivity contribution >= 4 is 11.6 Å². The number of carbonyl (C=O) groups excluding carboxylic acids is 1. The lowest BCUT2D eigenvalue weighted by molar-refractivity contribution is 0.0781. The molecule has 1 aromatic heterocycles. The third kappa shape index (κ3) is 2.82. The molecule has 2 rings (SSSR count). The van der Waals surface area contributed by atoms with E-state index in [1.807, 2.05) is 50.0 Å². The first kappa shape index (κ1) is 14.1. The Labute approximate surface area is 119 Å². The van der Waals surface area contributed by atoms with Gasteiger partial charge in [-0.3, -0.25) is 4.79 Å². The van der Waals surface area contributed by atoms with Crippen molar-refractivity contribution < 1.29 is 4.79 Å². The van der Waals surface area contributed by atoms with E-state index in [-0.39, 0.29) is 5.91 Å². The van der Waals surface area contributed by atoms with Crippen LogP contribution in [0.1, 0.15) is 21.7 Å². The van der Waals surface area contributed by atoms with E-state index in [1.165, 1.54) is 0 Å². The molecule has 0 aliphatic rings. The van der Waals surface area contributed by atoms with Gasteiger partial charge in [0.25, 0.3) is 5.91 Å². The number of hydrogen-bond donors (Lipinski definition) is 1. The maximum atomic E-state index is 12.5. The van der Waals surface area contributed by atoms with Crippen molar-refractivity contribution in [2.75, 3.05) is 19.4 Å². The largest absolute Gasteiger partial charge is 0.387 e. The van der Waals surface area contributed by atoms with E-state index in [1.54, 1.807) is 18.1 Å². The number of benzene rings is 1. The second kappa shape index (κ2) is 5.77. The molecular formula is C15H20N4O. The molecule has 0 atom stereocenters. The van der Waals surface area contributed by atoms with Crippen LogP contribution in [0.5, 0.6) is 0 Å². The van der Waals surface area contributed by atoms with E-state index in [9.17, 15) is 4.79 Å². The molecule has 0 fully saturated rings. The fourth-order valence-corrected chi connectivity index (χ4v) is 2.09. The molecule has 106 valence electrons. The molecule has 20 heavy (non-hydrogen) atoms. The van der Waals surface area contributed by atoms with E-state index in [2.05, 4.69) is 10.3 Å². The monoisotopic (exact) mass is 272 g/mol. The van der Waals surface area contributed by atoms with Crippen molar-refractivity contribution in [3.63, 3.8) is 0 Å². The molecule has 0 unspecified atom stereocenters. The van der Waals surface area contributed by atoms with Crippen LogP contribution in [0.2, 0.25) is 0 Å². The summed E-state index contributed by atoms with van der Waals surface area (Å²) in [5.41, 5.74) is 2.65. The number of rotatable bonds is 4. The normalized spacial score (nSPS) is 10.4. The Kier molecular flexibility index (Phi) is 4.08. The first-order chi connectivity index (χ1) is 9.52. The third-order valence-electron chi connectivity index (χ3n) is 3.32. The Morgan fingerprint density at radius 2 is 2.20 bits per heavy atom. The number of amides is 1. The highest BCUT2D eigenvalue weighted by Gasteiger charge is 2.16. The van der Waals surface area contributed by atoms with Gasteiger partial charge in [-0.15, -0.1) is 0 Å². The lowest BCUT2D eigenvalue weighted by Crippen LogP contribution is -2.28. The van der Waals surface area contributed by atoms with E-state index in [4.69, 9.17) is 0 Å². The van der Waals surface area contributed by atoms with Crippen LogP contribution < -0.4 is 5.32 Å². The van der Waals surface area contributed by atoms with Crippen LogP contribution in [0.3, 0.4) is 0 Å². The molecule has 0 aliphatic heterocycles. The maximum absolute atomic E-state index is 12.5. The smallest absolute Gasteiger partial charge is 0.256 e. The molecule has 0 radical (unpaired) electrons. The standard InChI is InChI=1S/C15H20N4O/c1-11-5-6-12(13(9-11)16-2)15(20)19(4)10-14-17-7-8-18(14)3/h5-9,16H,10H2,1-4H3. The first-order valence-corrected chi connectivity index (χ1v) is 6.53. The number of anilines is 1. The number of nitrogens with zero attached hydrogens (tertiary/aromatic N) is 3. The van der Waals surface area contributed by atoms with E-state index in [0.29, 0.717) is 12.1 Å². The van der Waals surface area contributed by atoms with Crippen LogP contribution in [-0.2, 0) is 13.6 Å². The topological polar surface area (TPSA) is 50.2 Å². The zero-order valence-electron chi connectivity index (χ0n) is 12.3. The van der Waals surface area contributed by atoms with Crippen molar-refractivity contribution in [3.05, 3.63) is 47.5 Å². The fraction of sp³-hybridized carbons (Fsp3) is 0.333. The molecule has 0 saturated heterocycles. The zero-order valence-corrected chi connectivity index (χ0v) is 12.3. The summed E-state index contributed by atoms with van der Waals surface area (Å²) in [6.07, 6.45) is 3.61.